The molecule has 0 aromatic carbocycles. The highest BCUT2D eigenvalue weighted by molar-refractivity contribution is 5.82. The molecule has 1 heterocycles. The van der Waals surface area contributed by atoms with Crippen molar-refractivity contribution in [1.82, 2.24) is 10.2 Å². The van der Waals surface area contributed by atoms with Crippen LogP contribution >= 0.6 is 0 Å². The fourth-order valence-corrected chi connectivity index (χ4v) is 4.70. The first-order valence-corrected chi connectivity index (χ1v) is 8.86. The summed E-state index contributed by atoms with van der Waals surface area (Å²) in [5.74, 6) is 1.23. The monoisotopic (exact) mass is 278 g/mol. The van der Waals surface area contributed by atoms with Gasteiger partial charge < -0.3 is 10.2 Å². The van der Waals surface area contributed by atoms with Crippen LogP contribution in [-0.4, -0.2) is 35.5 Å². The maximum atomic E-state index is 12.9. The van der Waals surface area contributed by atoms with Crippen LogP contribution in [0.2, 0.25) is 0 Å². The van der Waals surface area contributed by atoms with Crippen LogP contribution in [0.5, 0.6) is 0 Å². The van der Waals surface area contributed by atoms with Gasteiger partial charge in [-0.15, -0.1) is 0 Å². The van der Waals surface area contributed by atoms with E-state index in [0.717, 1.165) is 18.9 Å². The molecule has 1 N–H and O–H groups in total. The highest BCUT2D eigenvalue weighted by atomic mass is 16.2. The Morgan fingerprint density at radius 2 is 1.70 bits per heavy atom. The average molecular weight is 278 g/mol. The van der Waals surface area contributed by atoms with Crippen LogP contribution < -0.4 is 5.32 Å². The van der Waals surface area contributed by atoms with Crippen LogP contribution in [0.15, 0.2) is 0 Å². The van der Waals surface area contributed by atoms with E-state index in [2.05, 4.69) is 17.1 Å². The molecule has 114 valence electrons. The first-order chi connectivity index (χ1) is 9.79. The molecule has 2 aliphatic carbocycles. The lowest BCUT2D eigenvalue weighted by atomic mass is 9.77. The first kappa shape index (κ1) is 14.4. The standard InChI is InChI=1S/C17H30N2O/c1-2-19(14-8-4-5-9-14)17(20)16-12-11-13-7-3-6-10-15(13)18-16/h13-16,18H,2-12H2,1H3. The van der Waals surface area contributed by atoms with Gasteiger partial charge >= 0.3 is 0 Å². The zero-order valence-corrected chi connectivity index (χ0v) is 12.9. The minimum atomic E-state index is 0.106. The Morgan fingerprint density at radius 1 is 1.00 bits per heavy atom. The number of amides is 1. The van der Waals surface area contributed by atoms with Crippen LogP contribution in [0.4, 0.5) is 0 Å². The molecule has 3 fully saturated rings. The van der Waals surface area contributed by atoms with Crippen molar-refractivity contribution in [1.29, 1.82) is 0 Å². The zero-order chi connectivity index (χ0) is 13.9. The van der Waals surface area contributed by atoms with Crippen molar-refractivity contribution >= 4 is 5.91 Å². The normalized spacial score (nSPS) is 34.8. The van der Waals surface area contributed by atoms with E-state index in [9.17, 15) is 4.79 Å². The molecular weight excluding hydrogens is 248 g/mol. The van der Waals surface area contributed by atoms with Crippen LogP contribution in [0.1, 0.15) is 71.1 Å². The lowest BCUT2D eigenvalue weighted by Gasteiger charge is -2.42. The number of rotatable bonds is 3. The summed E-state index contributed by atoms with van der Waals surface area (Å²) in [5.41, 5.74) is 0. The number of piperidine rings is 1. The minimum Gasteiger partial charge on any atom is -0.339 e. The molecule has 3 heteroatoms. The molecule has 0 aromatic heterocycles. The topological polar surface area (TPSA) is 32.3 Å². The van der Waals surface area contributed by atoms with Gasteiger partial charge in [-0.2, -0.15) is 0 Å². The first-order valence-electron chi connectivity index (χ1n) is 8.86. The van der Waals surface area contributed by atoms with Crippen molar-refractivity contribution in [3.63, 3.8) is 0 Å². The van der Waals surface area contributed by atoms with Gasteiger partial charge in [-0.1, -0.05) is 25.7 Å². The van der Waals surface area contributed by atoms with E-state index in [1.54, 1.807) is 0 Å². The zero-order valence-electron chi connectivity index (χ0n) is 12.9. The molecule has 0 spiro atoms. The number of likely N-dealkylation sites (N-methyl/N-ethyl adjacent to an activating group) is 1. The number of nitrogens with one attached hydrogen (secondary N) is 1. The number of hydrogen-bond acceptors (Lipinski definition) is 2. The number of fused-ring (bicyclic) bond motifs is 1. The second-order valence-corrected chi connectivity index (χ2v) is 7.01. The summed E-state index contributed by atoms with van der Waals surface area (Å²) in [6.45, 7) is 3.03. The second kappa shape index (κ2) is 6.46. The summed E-state index contributed by atoms with van der Waals surface area (Å²) >= 11 is 0. The van der Waals surface area contributed by atoms with E-state index >= 15 is 0 Å². The van der Waals surface area contributed by atoms with Crippen molar-refractivity contribution in [2.75, 3.05) is 6.54 Å². The third-order valence-corrected chi connectivity index (χ3v) is 5.84. The Kier molecular flexibility index (Phi) is 4.65. The van der Waals surface area contributed by atoms with Crippen molar-refractivity contribution in [3.05, 3.63) is 0 Å². The summed E-state index contributed by atoms with van der Waals surface area (Å²) < 4.78 is 0. The fourth-order valence-electron chi connectivity index (χ4n) is 4.70. The van der Waals surface area contributed by atoms with Crippen LogP contribution in [0.3, 0.4) is 0 Å². The molecule has 0 bridgehead atoms. The molecule has 3 aliphatic rings. The lowest BCUT2D eigenvalue weighted by Crippen LogP contribution is -2.57. The van der Waals surface area contributed by atoms with E-state index in [-0.39, 0.29) is 6.04 Å². The van der Waals surface area contributed by atoms with E-state index in [1.807, 2.05) is 0 Å². The van der Waals surface area contributed by atoms with E-state index in [0.29, 0.717) is 18.0 Å². The Bertz CT molecular complexity index is 338. The number of carbonyl (C=O) groups is 1. The van der Waals surface area contributed by atoms with Gasteiger partial charge in [0.25, 0.3) is 0 Å². The fraction of sp³-hybridized carbons (Fsp3) is 0.941. The average Bonchev–Trinajstić information content (AvgIpc) is 3.01. The largest absolute Gasteiger partial charge is 0.339 e. The second-order valence-electron chi connectivity index (χ2n) is 7.01. The summed E-state index contributed by atoms with van der Waals surface area (Å²) in [6.07, 6.45) is 12.8. The predicted molar refractivity (Wildman–Crippen MR) is 81.5 cm³/mol. The van der Waals surface area contributed by atoms with Crippen molar-refractivity contribution in [2.24, 2.45) is 5.92 Å². The molecule has 1 amide bonds. The van der Waals surface area contributed by atoms with Gasteiger partial charge in [-0.05, 0) is 51.4 Å². The number of hydrogen-bond donors (Lipinski definition) is 1. The van der Waals surface area contributed by atoms with Gasteiger partial charge in [0.15, 0.2) is 0 Å². The Labute approximate surface area is 123 Å². The van der Waals surface area contributed by atoms with Crippen LogP contribution in [0, 0.1) is 5.92 Å². The smallest absolute Gasteiger partial charge is 0.239 e. The molecule has 0 radical (unpaired) electrons. The summed E-state index contributed by atoms with van der Waals surface area (Å²) in [6, 6.07) is 1.25. The number of carbonyl (C=O) groups excluding carboxylic acids is 1. The molecule has 3 rings (SSSR count). The SMILES string of the molecule is CCN(C(=O)C1CCC2CCCCC2N1)C1CCCC1. The number of nitrogens with zero attached hydrogens (tertiary/aromatic N) is 1. The highest BCUT2D eigenvalue weighted by Crippen LogP contribution is 2.33. The van der Waals surface area contributed by atoms with E-state index in [1.165, 1.54) is 57.8 Å². The van der Waals surface area contributed by atoms with Gasteiger partial charge in [0.2, 0.25) is 5.91 Å². The third-order valence-electron chi connectivity index (χ3n) is 5.84. The Balaban J connectivity index is 1.61. The molecule has 0 aromatic rings. The van der Waals surface area contributed by atoms with Gasteiger partial charge in [-0.25, -0.2) is 0 Å². The Hall–Kier alpha value is -0.570. The lowest BCUT2D eigenvalue weighted by molar-refractivity contribution is -0.137. The third kappa shape index (κ3) is 2.88. The molecule has 3 unspecified atom stereocenters. The summed E-state index contributed by atoms with van der Waals surface area (Å²) in [7, 11) is 0. The minimum absolute atomic E-state index is 0.106. The van der Waals surface area contributed by atoms with Crippen LogP contribution in [-0.2, 0) is 4.79 Å². The maximum Gasteiger partial charge on any atom is 0.239 e. The maximum absolute atomic E-state index is 12.9. The van der Waals surface area contributed by atoms with E-state index < -0.39 is 0 Å². The molecule has 20 heavy (non-hydrogen) atoms. The summed E-state index contributed by atoms with van der Waals surface area (Å²) in [4.78, 5) is 15.0. The van der Waals surface area contributed by atoms with Gasteiger partial charge in [0, 0.05) is 18.6 Å². The molecule has 1 saturated heterocycles. The van der Waals surface area contributed by atoms with E-state index in [4.69, 9.17) is 0 Å². The van der Waals surface area contributed by atoms with Crippen molar-refractivity contribution in [2.45, 2.75) is 89.3 Å². The predicted octanol–water partition coefficient (Wildman–Crippen LogP) is 3.09. The van der Waals surface area contributed by atoms with Crippen LogP contribution in [0.25, 0.3) is 0 Å². The summed E-state index contributed by atoms with van der Waals surface area (Å²) in [5, 5.41) is 3.70. The molecule has 2 saturated carbocycles. The molecule has 3 nitrogen and oxygen atoms in total. The quantitative estimate of drug-likeness (QED) is 0.860. The molecule has 1 aliphatic heterocycles. The van der Waals surface area contributed by atoms with Gasteiger partial charge in [0.1, 0.15) is 0 Å². The van der Waals surface area contributed by atoms with Crippen molar-refractivity contribution in [3.8, 4) is 0 Å². The molecular formula is C17H30N2O. The van der Waals surface area contributed by atoms with Gasteiger partial charge in [-0.3, -0.25) is 4.79 Å². The Morgan fingerprint density at radius 3 is 2.45 bits per heavy atom. The van der Waals surface area contributed by atoms with Gasteiger partial charge in [0.05, 0.1) is 6.04 Å². The highest BCUT2D eigenvalue weighted by Gasteiger charge is 2.37. The molecule has 3 atom stereocenters. The van der Waals surface area contributed by atoms with Crippen molar-refractivity contribution < 1.29 is 4.79 Å².